The molecule has 7 rings (SSSR count). The second kappa shape index (κ2) is 6.96. The van der Waals surface area contributed by atoms with Gasteiger partial charge < -0.3 is 4.90 Å². The molecular weight excluding hydrogens is 412 g/mol. The summed E-state index contributed by atoms with van der Waals surface area (Å²) in [6.45, 7) is 0. The van der Waals surface area contributed by atoms with E-state index in [9.17, 15) is 0 Å². The van der Waals surface area contributed by atoms with Gasteiger partial charge in [0.25, 0.3) is 0 Å². The molecule has 0 fully saturated rings. The number of anilines is 1. The largest absolute Gasteiger partial charge is 0.304 e. The van der Waals surface area contributed by atoms with Gasteiger partial charge in [0.15, 0.2) is 12.3 Å². The Balaban J connectivity index is 1.53. The Kier molecular flexibility index (Phi) is 3.80. The quantitative estimate of drug-likeness (QED) is 0.419. The number of nitrogens with zero attached hydrogens (tertiary/aromatic N) is 8. The highest BCUT2D eigenvalue weighted by atomic mass is 15.6. The predicted octanol–water partition coefficient (Wildman–Crippen LogP) is 4.19. The Hall–Kier alpha value is -4.59. The number of aromatic nitrogens is 7. The molecule has 1 aliphatic rings. The average molecular weight is 430 g/mol. The predicted molar refractivity (Wildman–Crippen MR) is 124 cm³/mol. The molecule has 8 nitrogen and oxygen atoms in total. The molecule has 158 valence electrons. The maximum absolute atomic E-state index is 4.73. The Labute approximate surface area is 188 Å². The lowest BCUT2D eigenvalue weighted by molar-refractivity contribution is 0.432. The van der Waals surface area contributed by atoms with Crippen LogP contribution in [0.2, 0.25) is 0 Å². The highest BCUT2D eigenvalue weighted by Crippen LogP contribution is 2.46. The highest BCUT2D eigenvalue weighted by Gasteiger charge is 2.43. The van der Waals surface area contributed by atoms with E-state index in [4.69, 9.17) is 4.98 Å². The third-order valence-electron chi connectivity index (χ3n) is 6.21. The van der Waals surface area contributed by atoms with Crippen LogP contribution in [0.15, 0.2) is 97.2 Å². The molecule has 4 heterocycles. The fourth-order valence-corrected chi connectivity index (χ4v) is 4.81. The molecule has 3 aromatic carbocycles. The van der Waals surface area contributed by atoms with Crippen molar-refractivity contribution < 1.29 is 0 Å². The number of para-hydroxylation sites is 2. The number of rotatable bonds is 3. The lowest BCUT2D eigenvalue weighted by Gasteiger charge is -2.31. The summed E-state index contributed by atoms with van der Waals surface area (Å²) in [6.07, 6.45) is 1.30. The Morgan fingerprint density at radius 2 is 1.06 bits per heavy atom. The summed E-state index contributed by atoms with van der Waals surface area (Å²) in [5.41, 5.74) is 5.88. The maximum atomic E-state index is 4.73. The first-order valence-electron chi connectivity index (χ1n) is 10.8. The Morgan fingerprint density at radius 1 is 0.545 bits per heavy atom. The van der Waals surface area contributed by atoms with Crippen LogP contribution in [-0.4, -0.2) is 35.0 Å². The summed E-state index contributed by atoms with van der Waals surface area (Å²) < 4.78 is 3.95. The fraction of sp³-hybridized carbons (Fsp3) is 0.0800. The minimum Gasteiger partial charge on any atom is -0.304 e. The molecule has 2 unspecified atom stereocenters. The molecule has 8 heteroatoms. The van der Waals surface area contributed by atoms with Gasteiger partial charge in [-0.3, -0.25) is 0 Å². The molecule has 0 saturated carbocycles. The van der Waals surface area contributed by atoms with Crippen LogP contribution in [-0.2, 0) is 0 Å². The number of benzene rings is 3. The fourth-order valence-electron chi connectivity index (χ4n) is 4.81. The minimum absolute atomic E-state index is 0.253. The van der Waals surface area contributed by atoms with Gasteiger partial charge >= 0.3 is 0 Å². The van der Waals surface area contributed by atoms with E-state index in [1.807, 2.05) is 82.3 Å². The Bertz CT molecular complexity index is 1500. The molecule has 0 amide bonds. The molecule has 0 saturated heterocycles. The molecule has 0 radical (unpaired) electrons. The summed E-state index contributed by atoms with van der Waals surface area (Å²) in [5, 5.41) is 18.0. The second-order valence-corrected chi connectivity index (χ2v) is 8.02. The van der Waals surface area contributed by atoms with Gasteiger partial charge in [-0.2, -0.15) is 0 Å². The zero-order valence-electron chi connectivity index (χ0n) is 17.5. The second-order valence-electron chi connectivity index (χ2n) is 8.02. The van der Waals surface area contributed by atoms with Gasteiger partial charge in [-0.05, 0) is 36.4 Å². The molecular formula is C25H18N8. The van der Waals surface area contributed by atoms with Gasteiger partial charge in [0.1, 0.15) is 16.9 Å². The van der Waals surface area contributed by atoms with Crippen LogP contribution in [0, 0.1) is 0 Å². The van der Waals surface area contributed by atoms with E-state index in [0.29, 0.717) is 0 Å². The molecule has 3 aromatic heterocycles. The van der Waals surface area contributed by atoms with Crippen molar-refractivity contribution in [3.8, 4) is 0 Å². The van der Waals surface area contributed by atoms with E-state index in [2.05, 4.69) is 49.8 Å². The van der Waals surface area contributed by atoms with Crippen molar-refractivity contribution >= 4 is 27.9 Å². The van der Waals surface area contributed by atoms with Crippen LogP contribution in [0.25, 0.3) is 22.1 Å². The molecule has 0 bridgehead atoms. The molecule has 0 aliphatic carbocycles. The molecule has 2 atom stereocenters. The van der Waals surface area contributed by atoms with E-state index < -0.39 is 0 Å². The van der Waals surface area contributed by atoms with Gasteiger partial charge in [-0.25, -0.2) is 14.3 Å². The number of pyridine rings is 1. The summed E-state index contributed by atoms with van der Waals surface area (Å²) >= 11 is 0. The third-order valence-corrected chi connectivity index (χ3v) is 6.21. The van der Waals surface area contributed by atoms with E-state index in [0.717, 1.165) is 39.0 Å². The van der Waals surface area contributed by atoms with Gasteiger partial charge in [0, 0.05) is 17.3 Å². The van der Waals surface area contributed by atoms with Crippen LogP contribution >= 0.6 is 0 Å². The highest BCUT2D eigenvalue weighted by molar-refractivity contribution is 5.76. The lowest BCUT2D eigenvalue weighted by Crippen LogP contribution is -2.35. The van der Waals surface area contributed by atoms with Crippen LogP contribution < -0.4 is 4.90 Å². The van der Waals surface area contributed by atoms with Crippen LogP contribution in [0.1, 0.15) is 23.5 Å². The van der Waals surface area contributed by atoms with Crippen LogP contribution in [0.4, 0.5) is 5.82 Å². The first kappa shape index (κ1) is 18.0. The SMILES string of the molecule is c1ccc(N2C(n3nnc4ccccc43)c3ccccc3C2n2nnc3ccccc32)nc1. The maximum Gasteiger partial charge on any atom is 0.155 e. The molecule has 1 aliphatic heterocycles. The van der Waals surface area contributed by atoms with Crippen molar-refractivity contribution in [3.63, 3.8) is 0 Å². The summed E-state index contributed by atoms with van der Waals surface area (Å²) in [5.74, 6) is 0.822. The van der Waals surface area contributed by atoms with Gasteiger partial charge in [-0.15, -0.1) is 10.2 Å². The number of fused-ring (bicyclic) bond motifs is 3. The van der Waals surface area contributed by atoms with Crippen LogP contribution in [0.3, 0.4) is 0 Å². The first-order valence-corrected chi connectivity index (χ1v) is 10.8. The van der Waals surface area contributed by atoms with Crippen molar-refractivity contribution in [3.05, 3.63) is 108 Å². The molecule has 0 spiro atoms. The van der Waals surface area contributed by atoms with Gasteiger partial charge in [0.2, 0.25) is 0 Å². The monoisotopic (exact) mass is 430 g/mol. The Morgan fingerprint density at radius 3 is 1.61 bits per heavy atom. The van der Waals surface area contributed by atoms with Crippen molar-refractivity contribution in [2.75, 3.05) is 4.90 Å². The number of hydrogen-bond acceptors (Lipinski definition) is 6. The van der Waals surface area contributed by atoms with E-state index in [1.54, 1.807) is 0 Å². The van der Waals surface area contributed by atoms with Crippen molar-refractivity contribution in [1.29, 1.82) is 0 Å². The van der Waals surface area contributed by atoms with Crippen molar-refractivity contribution in [1.82, 2.24) is 35.0 Å². The molecule has 33 heavy (non-hydrogen) atoms. The molecule has 0 N–H and O–H groups in total. The number of hydrogen-bond donors (Lipinski definition) is 0. The topological polar surface area (TPSA) is 77.5 Å². The summed E-state index contributed by atoms with van der Waals surface area (Å²) in [4.78, 5) is 6.97. The van der Waals surface area contributed by atoms with E-state index >= 15 is 0 Å². The third kappa shape index (κ3) is 2.61. The molecule has 6 aromatic rings. The first-order chi connectivity index (χ1) is 16.4. The summed E-state index contributed by atoms with van der Waals surface area (Å²) in [6, 6.07) is 30.4. The lowest BCUT2D eigenvalue weighted by atomic mass is 10.1. The zero-order valence-corrected chi connectivity index (χ0v) is 17.5. The summed E-state index contributed by atoms with van der Waals surface area (Å²) in [7, 11) is 0. The van der Waals surface area contributed by atoms with Crippen molar-refractivity contribution in [2.24, 2.45) is 0 Å². The standard InChI is InChI=1S/C25H18N8/c1-2-10-18-17(9-1)24(32-21-13-5-3-11-19(21)27-29-32)31(23-15-7-8-16-26-23)25(18)33-22-14-6-4-12-20(22)28-30-33/h1-16,24-25H. The van der Waals surface area contributed by atoms with Gasteiger partial charge in [0.05, 0.1) is 11.0 Å². The smallest absolute Gasteiger partial charge is 0.155 e. The average Bonchev–Trinajstić information content (AvgIpc) is 3.58. The van der Waals surface area contributed by atoms with E-state index in [-0.39, 0.29) is 12.3 Å². The van der Waals surface area contributed by atoms with Crippen LogP contribution in [0.5, 0.6) is 0 Å². The van der Waals surface area contributed by atoms with Crippen molar-refractivity contribution in [2.45, 2.75) is 12.3 Å². The zero-order chi connectivity index (χ0) is 21.8. The van der Waals surface area contributed by atoms with E-state index in [1.165, 1.54) is 0 Å². The minimum atomic E-state index is -0.253. The van der Waals surface area contributed by atoms with Gasteiger partial charge in [-0.1, -0.05) is 65.0 Å². The normalized spacial score (nSPS) is 17.6.